The molecule has 7 rings (SSSR count). The van der Waals surface area contributed by atoms with E-state index in [4.69, 9.17) is 14.7 Å². The van der Waals surface area contributed by atoms with Gasteiger partial charge in [-0.25, -0.2) is 4.98 Å². The molecule has 0 radical (unpaired) electrons. The summed E-state index contributed by atoms with van der Waals surface area (Å²) in [6, 6.07) is 51.6. The van der Waals surface area contributed by atoms with Gasteiger partial charge in [-0.05, 0) is 75.3 Å². The normalized spacial score (nSPS) is 10.9. The molecular weight excluding hydrogens is 500 g/mol. The molecule has 0 amide bonds. The highest BCUT2D eigenvalue weighted by molar-refractivity contribution is 5.96. The van der Waals surface area contributed by atoms with Crippen LogP contribution in [0.2, 0.25) is 0 Å². The first kappa shape index (κ1) is 24.3. The van der Waals surface area contributed by atoms with Crippen LogP contribution in [0.15, 0.2) is 150 Å². The van der Waals surface area contributed by atoms with Crippen molar-refractivity contribution in [2.24, 2.45) is 0 Å². The minimum Gasteiger partial charge on any atom is -0.436 e. The molecule has 0 saturated carbocycles. The minimum absolute atomic E-state index is 0.602. The fourth-order valence-corrected chi connectivity index (χ4v) is 5.19. The van der Waals surface area contributed by atoms with Crippen LogP contribution in [0.1, 0.15) is 5.56 Å². The predicted molar refractivity (Wildman–Crippen MR) is 166 cm³/mol. The van der Waals surface area contributed by atoms with Crippen LogP contribution in [-0.4, -0.2) is 4.98 Å². The highest BCUT2D eigenvalue weighted by Gasteiger charge is 2.16. The molecule has 41 heavy (non-hydrogen) atoms. The summed E-state index contributed by atoms with van der Waals surface area (Å²) in [4.78, 5) is 4.97. The minimum atomic E-state index is 0.602. The van der Waals surface area contributed by atoms with Crippen LogP contribution in [0, 0.1) is 11.3 Å². The van der Waals surface area contributed by atoms with Crippen LogP contribution < -0.4 is 0 Å². The van der Waals surface area contributed by atoms with E-state index in [2.05, 4.69) is 103 Å². The molecule has 0 saturated heterocycles. The van der Waals surface area contributed by atoms with Gasteiger partial charge in [-0.1, -0.05) is 109 Å². The monoisotopic (exact) mass is 524 g/mol. The fraction of sp³-hybridized carbons (Fsp3) is 0. The van der Waals surface area contributed by atoms with Gasteiger partial charge in [0.2, 0.25) is 5.89 Å². The molecule has 0 N–H and O–H groups in total. The van der Waals surface area contributed by atoms with Crippen molar-refractivity contribution in [3.8, 4) is 62.0 Å². The van der Waals surface area contributed by atoms with E-state index in [1.165, 1.54) is 0 Å². The van der Waals surface area contributed by atoms with Crippen molar-refractivity contribution in [2.45, 2.75) is 0 Å². The second-order valence-corrected chi connectivity index (χ2v) is 9.97. The molecule has 0 aliphatic carbocycles. The standard InChI is InChI=1S/C38H24N2O/c39-25-26-11-13-28(14-12-26)29-15-17-30(18-16-29)31-19-21-33(22-20-31)38-40-37-35(32-9-5-2-6-10-32)23-34(24-36(37)41-38)27-7-3-1-4-8-27/h1-24H. The summed E-state index contributed by atoms with van der Waals surface area (Å²) in [7, 11) is 0. The molecule has 0 aliphatic rings. The molecule has 3 nitrogen and oxygen atoms in total. The molecule has 1 heterocycles. The highest BCUT2D eigenvalue weighted by atomic mass is 16.3. The second kappa shape index (κ2) is 10.4. The smallest absolute Gasteiger partial charge is 0.227 e. The van der Waals surface area contributed by atoms with Crippen molar-refractivity contribution in [3.63, 3.8) is 0 Å². The van der Waals surface area contributed by atoms with E-state index in [0.29, 0.717) is 11.5 Å². The van der Waals surface area contributed by atoms with Crippen LogP contribution in [-0.2, 0) is 0 Å². The average Bonchev–Trinajstić information content (AvgIpc) is 3.50. The van der Waals surface area contributed by atoms with Crippen molar-refractivity contribution in [1.82, 2.24) is 4.98 Å². The Labute approximate surface area is 238 Å². The topological polar surface area (TPSA) is 49.8 Å². The first-order valence-electron chi connectivity index (χ1n) is 13.5. The summed E-state index contributed by atoms with van der Waals surface area (Å²) in [5.74, 6) is 0.602. The molecular formula is C38H24N2O. The zero-order valence-electron chi connectivity index (χ0n) is 22.2. The third-order valence-electron chi connectivity index (χ3n) is 7.38. The molecule has 0 fully saturated rings. The number of benzene rings is 6. The maximum Gasteiger partial charge on any atom is 0.227 e. The van der Waals surface area contributed by atoms with Crippen molar-refractivity contribution >= 4 is 11.1 Å². The summed E-state index contributed by atoms with van der Waals surface area (Å²) >= 11 is 0. The van der Waals surface area contributed by atoms with Crippen molar-refractivity contribution in [1.29, 1.82) is 5.26 Å². The molecule has 192 valence electrons. The lowest BCUT2D eigenvalue weighted by Gasteiger charge is -2.07. The maximum absolute atomic E-state index is 9.04. The van der Waals surface area contributed by atoms with E-state index >= 15 is 0 Å². The molecule has 0 atom stereocenters. The molecule has 1 aromatic heterocycles. The summed E-state index contributed by atoms with van der Waals surface area (Å²) in [6.45, 7) is 0. The lowest BCUT2D eigenvalue weighted by Crippen LogP contribution is -1.85. The first-order valence-corrected chi connectivity index (χ1v) is 13.5. The van der Waals surface area contributed by atoms with Crippen LogP contribution in [0.4, 0.5) is 0 Å². The van der Waals surface area contributed by atoms with Crippen LogP contribution in [0.25, 0.3) is 67.1 Å². The average molecular weight is 525 g/mol. The Balaban J connectivity index is 1.22. The van der Waals surface area contributed by atoms with Gasteiger partial charge in [0.05, 0.1) is 11.6 Å². The number of fused-ring (bicyclic) bond motifs is 1. The number of hydrogen-bond donors (Lipinski definition) is 0. The third-order valence-corrected chi connectivity index (χ3v) is 7.38. The molecule has 7 aromatic rings. The SMILES string of the molecule is N#Cc1ccc(-c2ccc(-c3ccc(-c4nc5c(-c6ccccc6)cc(-c6ccccc6)cc5o4)cc3)cc2)cc1. The van der Waals surface area contributed by atoms with Gasteiger partial charge in [0.25, 0.3) is 0 Å². The zero-order chi connectivity index (χ0) is 27.6. The van der Waals surface area contributed by atoms with Gasteiger partial charge < -0.3 is 4.42 Å². The van der Waals surface area contributed by atoms with Crippen molar-refractivity contribution in [3.05, 3.63) is 151 Å². The summed E-state index contributed by atoms with van der Waals surface area (Å²) in [5.41, 5.74) is 12.1. The molecule has 6 aromatic carbocycles. The summed E-state index contributed by atoms with van der Waals surface area (Å²) < 4.78 is 6.37. The van der Waals surface area contributed by atoms with Crippen LogP contribution >= 0.6 is 0 Å². The van der Waals surface area contributed by atoms with Gasteiger partial charge in [0.1, 0.15) is 5.52 Å². The molecule has 0 spiro atoms. The Morgan fingerprint density at radius 1 is 0.463 bits per heavy atom. The molecule has 0 bridgehead atoms. The van der Waals surface area contributed by atoms with Gasteiger partial charge in [0, 0.05) is 11.1 Å². The molecule has 0 unspecified atom stereocenters. The zero-order valence-corrected chi connectivity index (χ0v) is 22.2. The summed E-state index contributed by atoms with van der Waals surface area (Å²) in [6.07, 6.45) is 0. The van der Waals surface area contributed by atoms with Gasteiger partial charge in [-0.3, -0.25) is 0 Å². The Morgan fingerprint density at radius 3 is 1.46 bits per heavy atom. The van der Waals surface area contributed by atoms with Crippen molar-refractivity contribution < 1.29 is 4.42 Å². The molecule has 3 heteroatoms. The van der Waals surface area contributed by atoms with E-state index < -0.39 is 0 Å². The Bertz CT molecular complexity index is 2000. The van der Waals surface area contributed by atoms with E-state index in [1.807, 2.05) is 48.5 Å². The Hall–Kier alpha value is -5.72. The van der Waals surface area contributed by atoms with Crippen LogP contribution in [0.5, 0.6) is 0 Å². The van der Waals surface area contributed by atoms with Gasteiger partial charge >= 0.3 is 0 Å². The quantitative estimate of drug-likeness (QED) is 0.225. The third kappa shape index (κ3) is 4.80. The van der Waals surface area contributed by atoms with Crippen molar-refractivity contribution in [2.75, 3.05) is 0 Å². The number of nitrogens with zero attached hydrogens (tertiary/aromatic N) is 2. The summed E-state index contributed by atoms with van der Waals surface area (Å²) in [5, 5.41) is 9.04. The van der Waals surface area contributed by atoms with E-state index in [0.717, 1.165) is 61.2 Å². The number of nitriles is 1. The van der Waals surface area contributed by atoms with E-state index in [-0.39, 0.29) is 0 Å². The predicted octanol–water partition coefficient (Wildman–Crippen LogP) is 10.0. The fourth-order valence-electron chi connectivity index (χ4n) is 5.19. The number of aromatic nitrogens is 1. The van der Waals surface area contributed by atoms with E-state index in [9.17, 15) is 0 Å². The number of oxazole rings is 1. The van der Waals surface area contributed by atoms with Gasteiger partial charge in [-0.15, -0.1) is 0 Å². The van der Waals surface area contributed by atoms with Crippen LogP contribution in [0.3, 0.4) is 0 Å². The molecule has 0 aliphatic heterocycles. The van der Waals surface area contributed by atoms with Gasteiger partial charge in [-0.2, -0.15) is 5.26 Å². The Morgan fingerprint density at radius 2 is 0.927 bits per heavy atom. The lowest BCUT2D eigenvalue weighted by molar-refractivity contribution is 0.620. The lowest BCUT2D eigenvalue weighted by atomic mass is 9.98. The first-order chi connectivity index (χ1) is 20.2. The number of hydrogen-bond acceptors (Lipinski definition) is 3. The largest absolute Gasteiger partial charge is 0.436 e. The number of rotatable bonds is 5. The highest BCUT2D eigenvalue weighted by Crippen LogP contribution is 2.36. The van der Waals surface area contributed by atoms with Gasteiger partial charge in [0.15, 0.2) is 5.58 Å². The Kier molecular flexibility index (Phi) is 6.20. The maximum atomic E-state index is 9.04. The van der Waals surface area contributed by atoms with E-state index in [1.54, 1.807) is 0 Å². The second-order valence-electron chi connectivity index (χ2n) is 9.97.